The molecule has 1 atom stereocenters. The molecule has 0 bridgehead atoms. The molecule has 1 amide bonds. The minimum absolute atomic E-state index is 0.0267. The second-order valence-electron chi connectivity index (χ2n) is 7.24. The molecule has 0 saturated heterocycles. The molecule has 0 saturated carbocycles. The van der Waals surface area contributed by atoms with Crippen LogP contribution in [0.5, 0.6) is 5.75 Å². The normalized spacial score (nSPS) is 13.4. The summed E-state index contributed by atoms with van der Waals surface area (Å²) in [6.45, 7) is 1.72. The molecular formula is C24H23NO5. The van der Waals surface area contributed by atoms with Crippen molar-refractivity contribution in [1.82, 2.24) is 0 Å². The Bertz CT molecular complexity index is 1040. The lowest BCUT2D eigenvalue weighted by Crippen LogP contribution is -2.29. The van der Waals surface area contributed by atoms with E-state index in [-0.39, 0.29) is 18.3 Å². The van der Waals surface area contributed by atoms with Gasteiger partial charge in [-0.2, -0.15) is 0 Å². The molecule has 1 aromatic heterocycles. The minimum atomic E-state index is -0.958. The van der Waals surface area contributed by atoms with E-state index < -0.39 is 12.1 Å². The molecule has 6 heteroatoms. The summed E-state index contributed by atoms with van der Waals surface area (Å²) in [5.41, 5.74) is 3.30. The van der Waals surface area contributed by atoms with Crippen LogP contribution >= 0.6 is 0 Å². The molecule has 0 aliphatic heterocycles. The van der Waals surface area contributed by atoms with E-state index in [1.54, 1.807) is 6.07 Å². The van der Waals surface area contributed by atoms with Gasteiger partial charge >= 0.3 is 5.97 Å². The number of carbonyl (C=O) groups excluding carboxylic acids is 2. The molecule has 1 aliphatic carbocycles. The van der Waals surface area contributed by atoms with E-state index in [9.17, 15) is 9.59 Å². The highest BCUT2D eigenvalue weighted by Crippen LogP contribution is 2.25. The van der Waals surface area contributed by atoms with Crippen molar-refractivity contribution in [3.63, 3.8) is 0 Å². The number of fused-ring (bicyclic) bond motifs is 1. The molecule has 30 heavy (non-hydrogen) atoms. The number of anilines is 1. The maximum atomic E-state index is 12.4. The van der Waals surface area contributed by atoms with Gasteiger partial charge in [0.1, 0.15) is 18.1 Å². The molecule has 0 radical (unpaired) electrons. The molecule has 1 heterocycles. The van der Waals surface area contributed by atoms with Crippen molar-refractivity contribution >= 4 is 17.6 Å². The number of hydrogen-bond acceptors (Lipinski definition) is 5. The fourth-order valence-electron chi connectivity index (χ4n) is 3.40. The van der Waals surface area contributed by atoms with Crippen LogP contribution < -0.4 is 10.1 Å². The van der Waals surface area contributed by atoms with Gasteiger partial charge in [0, 0.05) is 5.69 Å². The van der Waals surface area contributed by atoms with Gasteiger partial charge in [-0.3, -0.25) is 4.79 Å². The van der Waals surface area contributed by atoms with E-state index in [1.165, 1.54) is 24.1 Å². The van der Waals surface area contributed by atoms with Crippen LogP contribution in [-0.4, -0.2) is 18.0 Å². The van der Waals surface area contributed by atoms with Crippen molar-refractivity contribution in [2.24, 2.45) is 0 Å². The van der Waals surface area contributed by atoms with Crippen LogP contribution in [0.2, 0.25) is 0 Å². The average Bonchev–Trinajstić information content (AvgIpc) is 3.42. The highest BCUT2D eigenvalue weighted by Gasteiger charge is 2.22. The molecule has 1 aliphatic rings. The number of amides is 1. The van der Waals surface area contributed by atoms with Gasteiger partial charge in [-0.1, -0.05) is 24.3 Å². The summed E-state index contributed by atoms with van der Waals surface area (Å²) in [7, 11) is 0. The van der Waals surface area contributed by atoms with Crippen LogP contribution in [0.4, 0.5) is 5.69 Å². The third kappa shape index (κ3) is 4.71. The van der Waals surface area contributed by atoms with Crippen LogP contribution in [0.25, 0.3) is 0 Å². The van der Waals surface area contributed by atoms with Crippen LogP contribution in [-0.2, 0) is 29.0 Å². The largest absolute Gasteiger partial charge is 0.486 e. The predicted octanol–water partition coefficient (Wildman–Crippen LogP) is 4.53. The summed E-state index contributed by atoms with van der Waals surface area (Å²) in [6.07, 6.45) is 2.29. The molecule has 4 rings (SSSR count). The second kappa shape index (κ2) is 8.86. The monoisotopic (exact) mass is 405 g/mol. The Balaban J connectivity index is 1.29. The summed E-state index contributed by atoms with van der Waals surface area (Å²) < 4.78 is 16.3. The number of esters is 1. The minimum Gasteiger partial charge on any atom is -0.486 e. The van der Waals surface area contributed by atoms with Gasteiger partial charge in [-0.25, -0.2) is 4.79 Å². The van der Waals surface area contributed by atoms with E-state index >= 15 is 0 Å². The maximum Gasteiger partial charge on any atom is 0.375 e. The van der Waals surface area contributed by atoms with Crippen LogP contribution in [0, 0.1) is 0 Å². The van der Waals surface area contributed by atoms with Gasteiger partial charge in [-0.05, 0) is 73.7 Å². The molecule has 154 valence electrons. The van der Waals surface area contributed by atoms with E-state index in [0.29, 0.717) is 17.2 Å². The Hall–Kier alpha value is -3.54. The zero-order valence-electron chi connectivity index (χ0n) is 16.7. The average molecular weight is 405 g/mol. The number of furan rings is 1. The summed E-state index contributed by atoms with van der Waals surface area (Å²) in [5.74, 6) is 0.132. The van der Waals surface area contributed by atoms with Crippen molar-refractivity contribution in [3.05, 3.63) is 83.3 Å². The Morgan fingerprint density at radius 3 is 2.67 bits per heavy atom. The third-order valence-electron chi connectivity index (χ3n) is 5.01. The number of benzene rings is 2. The first kappa shape index (κ1) is 19.8. The fourth-order valence-corrected chi connectivity index (χ4v) is 3.40. The van der Waals surface area contributed by atoms with E-state index in [0.717, 1.165) is 19.3 Å². The first-order valence-electron chi connectivity index (χ1n) is 9.99. The molecule has 3 aromatic rings. The molecule has 0 spiro atoms. The third-order valence-corrected chi connectivity index (χ3v) is 5.01. The van der Waals surface area contributed by atoms with Crippen LogP contribution in [0.15, 0.2) is 65.1 Å². The van der Waals surface area contributed by atoms with Crippen molar-refractivity contribution in [2.45, 2.75) is 38.9 Å². The maximum absolute atomic E-state index is 12.4. The second-order valence-corrected chi connectivity index (χ2v) is 7.24. The van der Waals surface area contributed by atoms with Crippen molar-refractivity contribution < 1.29 is 23.5 Å². The van der Waals surface area contributed by atoms with Gasteiger partial charge in [-0.15, -0.1) is 0 Å². The summed E-state index contributed by atoms with van der Waals surface area (Å²) in [5, 5.41) is 2.81. The molecule has 0 unspecified atom stereocenters. The summed E-state index contributed by atoms with van der Waals surface area (Å²) in [6, 6.07) is 18.4. The summed E-state index contributed by atoms with van der Waals surface area (Å²) in [4.78, 5) is 24.7. The Morgan fingerprint density at radius 2 is 1.83 bits per heavy atom. The Morgan fingerprint density at radius 1 is 1.03 bits per heavy atom. The Kier molecular flexibility index (Phi) is 5.84. The number of para-hydroxylation sites is 1. The number of carbonyl (C=O) groups is 2. The van der Waals surface area contributed by atoms with Gasteiger partial charge < -0.3 is 19.2 Å². The number of hydrogen-bond donors (Lipinski definition) is 1. The zero-order valence-corrected chi connectivity index (χ0v) is 16.7. The lowest BCUT2D eigenvalue weighted by atomic mass is 10.1. The van der Waals surface area contributed by atoms with Gasteiger partial charge in [0.15, 0.2) is 6.10 Å². The molecule has 1 N–H and O–H groups in total. The van der Waals surface area contributed by atoms with Gasteiger partial charge in [0.05, 0.1) is 0 Å². The van der Waals surface area contributed by atoms with E-state index in [4.69, 9.17) is 13.9 Å². The smallest absolute Gasteiger partial charge is 0.375 e. The first-order valence-corrected chi connectivity index (χ1v) is 9.99. The highest BCUT2D eigenvalue weighted by molar-refractivity contribution is 5.96. The lowest BCUT2D eigenvalue weighted by Gasteiger charge is -2.13. The standard InChI is InChI=1S/C24H23NO5/c1-16(23(26)25-19-11-10-17-6-5-7-18(17)14-19)29-24(27)22-13-12-21(30-22)15-28-20-8-3-2-4-9-20/h2-4,8-14,16H,5-7,15H2,1H3,(H,25,26)/t16-/m1/s1. The lowest BCUT2D eigenvalue weighted by molar-refractivity contribution is -0.123. The Labute approximate surface area is 174 Å². The number of rotatable bonds is 7. The van der Waals surface area contributed by atoms with Crippen molar-refractivity contribution in [3.8, 4) is 5.75 Å². The van der Waals surface area contributed by atoms with E-state index in [1.807, 2.05) is 48.5 Å². The van der Waals surface area contributed by atoms with Crippen molar-refractivity contribution in [2.75, 3.05) is 5.32 Å². The van der Waals surface area contributed by atoms with Crippen LogP contribution in [0.1, 0.15) is 40.8 Å². The molecule has 2 aromatic carbocycles. The highest BCUT2D eigenvalue weighted by atomic mass is 16.6. The topological polar surface area (TPSA) is 77.8 Å². The van der Waals surface area contributed by atoms with E-state index in [2.05, 4.69) is 5.32 Å². The summed E-state index contributed by atoms with van der Waals surface area (Å²) >= 11 is 0. The SMILES string of the molecule is C[C@@H](OC(=O)c1ccc(COc2ccccc2)o1)C(=O)Nc1ccc2c(c1)CCC2. The predicted molar refractivity (Wildman–Crippen MR) is 111 cm³/mol. The zero-order chi connectivity index (χ0) is 20.9. The number of ether oxygens (including phenoxy) is 2. The van der Waals surface area contributed by atoms with Gasteiger partial charge in [0.25, 0.3) is 5.91 Å². The first-order chi connectivity index (χ1) is 14.6. The molecule has 6 nitrogen and oxygen atoms in total. The van der Waals surface area contributed by atoms with Crippen molar-refractivity contribution in [1.29, 1.82) is 0 Å². The van der Waals surface area contributed by atoms with Crippen LogP contribution in [0.3, 0.4) is 0 Å². The fraction of sp³-hybridized carbons (Fsp3) is 0.250. The van der Waals surface area contributed by atoms with Gasteiger partial charge in [0.2, 0.25) is 5.76 Å². The number of nitrogens with one attached hydrogen (secondary N) is 1. The molecular weight excluding hydrogens is 382 g/mol. The number of aryl methyl sites for hydroxylation is 2. The molecule has 0 fully saturated rings. The quantitative estimate of drug-likeness (QED) is 0.584.